The van der Waals surface area contributed by atoms with Crippen LogP contribution in [0.15, 0.2) is 0 Å². The molecule has 0 spiro atoms. The van der Waals surface area contributed by atoms with Gasteiger partial charge in [0.25, 0.3) is 0 Å². The van der Waals surface area contributed by atoms with Crippen molar-refractivity contribution in [1.82, 2.24) is 0 Å². The molecule has 0 bridgehead atoms. The van der Waals surface area contributed by atoms with E-state index in [1.165, 1.54) is 25.7 Å². The minimum Gasteiger partial charge on any atom is -0.237 e. The lowest BCUT2D eigenvalue weighted by atomic mass is 10.1. The van der Waals surface area contributed by atoms with E-state index in [1.54, 1.807) is 0 Å². The maximum absolute atomic E-state index is 10.0. The molecule has 0 rings (SSSR count). The Morgan fingerprint density at radius 1 is 0.917 bits per heavy atom. The average Bonchev–Trinajstić information content (AvgIpc) is 2.10. The molecule has 1 radical (unpaired) electrons. The van der Waals surface area contributed by atoms with Crippen LogP contribution >= 0.6 is 0 Å². The van der Waals surface area contributed by atoms with Crippen LogP contribution in [0.4, 0.5) is 0 Å². The quantitative estimate of drug-likeness (QED) is 0.428. The van der Waals surface area contributed by atoms with E-state index >= 15 is 0 Å². The molecule has 0 aromatic heterocycles. The molecule has 69 valence electrons. The molecule has 1 nitrogen and oxygen atoms in total. The molecule has 0 N–H and O–H groups in total. The Kier molecular flexibility index (Phi) is 10.1. The van der Waals surface area contributed by atoms with Gasteiger partial charge in [0.15, 0.2) is 0 Å². The summed E-state index contributed by atoms with van der Waals surface area (Å²) in [5.41, 5.74) is 0. The van der Waals surface area contributed by atoms with Crippen molar-refractivity contribution in [2.75, 3.05) is 6.61 Å². The molecule has 0 heterocycles. The van der Waals surface area contributed by atoms with Crippen molar-refractivity contribution in [3.8, 4) is 11.8 Å². The van der Waals surface area contributed by atoms with Crippen LogP contribution in [0.1, 0.15) is 51.9 Å². The third-order valence-corrected chi connectivity index (χ3v) is 1.73. The van der Waals surface area contributed by atoms with Gasteiger partial charge >= 0.3 is 0 Å². The van der Waals surface area contributed by atoms with Crippen molar-refractivity contribution < 1.29 is 5.11 Å². The molecule has 0 aliphatic carbocycles. The normalized spacial score (nSPS) is 9.17. The zero-order valence-corrected chi connectivity index (χ0v) is 8.07. The van der Waals surface area contributed by atoms with E-state index in [2.05, 4.69) is 18.8 Å². The molecule has 0 saturated heterocycles. The number of unbranched alkanes of at least 4 members (excludes halogenated alkanes) is 5. The monoisotopic (exact) mass is 167 g/mol. The van der Waals surface area contributed by atoms with Gasteiger partial charge in [0.1, 0.15) is 0 Å². The van der Waals surface area contributed by atoms with E-state index < -0.39 is 0 Å². The first-order chi connectivity index (χ1) is 5.91. The predicted octanol–water partition coefficient (Wildman–Crippen LogP) is 3.17. The van der Waals surface area contributed by atoms with Gasteiger partial charge in [-0.3, -0.25) is 0 Å². The Balaban J connectivity index is 2.99. The number of hydrogen-bond donors (Lipinski definition) is 0. The fourth-order valence-electron chi connectivity index (χ4n) is 0.977. The minimum absolute atomic E-state index is 0.0184. The van der Waals surface area contributed by atoms with Crippen molar-refractivity contribution in [2.45, 2.75) is 51.9 Å². The van der Waals surface area contributed by atoms with Gasteiger partial charge in [-0.15, -0.1) is 11.8 Å². The number of hydrogen-bond acceptors (Lipinski definition) is 0. The summed E-state index contributed by atoms with van der Waals surface area (Å²) in [6.45, 7) is 2.23. The highest BCUT2D eigenvalue weighted by molar-refractivity contribution is 4.98. The standard InChI is InChI=1S/C11H19O/c1-2-3-4-5-6-7-8-9-10-11-12/h2-6,9-11H2,1H3. The van der Waals surface area contributed by atoms with Gasteiger partial charge in [0.05, 0.1) is 6.61 Å². The highest BCUT2D eigenvalue weighted by Gasteiger charge is 1.83. The zero-order valence-electron chi connectivity index (χ0n) is 8.07. The Bertz CT molecular complexity index is 130. The van der Waals surface area contributed by atoms with Crippen LogP contribution in [0.5, 0.6) is 0 Å². The van der Waals surface area contributed by atoms with Crippen molar-refractivity contribution in [2.24, 2.45) is 0 Å². The fourth-order valence-corrected chi connectivity index (χ4v) is 0.977. The van der Waals surface area contributed by atoms with Crippen molar-refractivity contribution >= 4 is 0 Å². The van der Waals surface area contributed by atoms with Crippen LogP contribution in [0.25, 0.3) is 0 Å². The maximum atomic E-state index is 10.0. The molecule has 0 aliphatic rings. The van der Waals surface area contributed by atoms with Crippen LogP contribution in [0.2, 0.25) is 0 Å². The first-order valence-electron chi connectivity index (χ1n) is 4.95. The minimum atomic E-state index is 0.0184. The Morgan fingerprint density at radius 3 is 2.17 bits per heavy atom. The lowest BCUT2D eigenvalue weighted by Gasteiger charge is -1.91. The lowest BCUT2D eigenvalue weighted by molar-refractivity contribution is 0.190. The second-order valence-electron chi connectivity index (χ2n) is 2.97. The highest BCUT2D eigenvalue weighted by Crippen LogP contribution is 2.00. The van der Waals surface area contributed by atoms with Gasteiger partial charge in [-0.1, -0.05) is 26.2 Å². The van der Waals surface area contributed by atoms with Crippen LogP contribution < -0.4 is 0 Å². The van der Waals surface area contributed by atoms with E-state index in [4.69, 9.17) is 0 Å². The summed E-state index contributed by atoms with van der Waals surface area (Å²) in [5.74, 6) is 6.10. The van der Waals surface area contributed by atoms with Gasteiger partial charge in [-0.05, 0) is 12.8 Å². The summed E-state index contributed by atoms with van der Waals surface area (Å²) < 4.78 is 0. The van der Waals surface area contributed by atoms with Crippen LogP contribution in [-0.2, 0) is 5.11 Å². The molecule has 12 heavy (non-hydrogen) atoms. The zero-order chi connectivity index (χ0) is 9.07. The van der Waals surface area contributed by atoms with Gasteiger partial charge in [0, 0.05) is 12.8 Å². The molecular formula is C11H19O. The molecule has 0 fully saturated rings. The smallest absolute Gasteiger partial charge is 0.0831 e. The van der Waals surface area contributed by atoms with Gasteiger partial charge in [0.2, 0.25) is 0 Å². The number of rotatable bonds is 6. The van der Waals surface area contributed by atoms with Crippen LogP contribution in [-0.4, -0.2) is 6.61 Å². The largest absolute Gasteiger partial charge is 0.237 e. The average molecular weight is 167 g/mol. The molecule has 0 amide bonds. The second-order valence-corrected chi connectivity index (χ2v) is 2.97. The van der Waals surface area contributed by atoms with Gasteiger partial charge in [-0.2, -0.15) is 0 Å². The predicted molar refractivity (Wildman–Crippen MR) is 51.3 cm³/mol. The molecule has 0 aliphatic heterocycles. The third kappa shape index (κ3) is 9.52. The van der Waals surface area contributed by atoms with E-state index in [0.29, 0.717) is 6.42 Å². The fraction of sp³-hybridized carbons (Fsp3) is 0.818. The van der Waals surface area contributed by atoms with E-state index in [9.17, 15) is 5.11 Å². The summed E-state index contributed by atoms with van der Waals surface area (Å²) in [6.07, 6.45) is 7.63. The van der Waals surface area contributed by atoms with Crippen LogP contribution in [0, 0.1) is 11.8 Å². The summed E-state index contributed by atoms with van der Waals surface area (Å²) in [6, 6.07) is 0. The summed E-state index contributed by atoms with van der Waals surface area (Å²) in [4.78, 5) is 0. The molecule has 0 atom stereocenters. The molecular weight excluding hydrogens is 148 g/mol. The van der Waals surface area contributed by atoms with Crippen molar-refractivity contribution in [3.05, 3.63) is 0 Å². The molecule has 0 unspecified atom stereocenters. The Labute approximate surface area is 76.2 Å². The SMILES string of the molecule is CCCCCCC#CCCC[O]. The van der Waals surface area contributed by atoms with Gasteiger partial charge in [-0.25, -0.2) is 5.11 Å². The van der Waals surface area contributed by atoms with Crippen LogP contribution in [0.3, 0.4) is 0 Å². The van der Waals surface area contributed by atoms with E-state index in [1.807, 2.05) is 0 Å². The Hall–Kier alpha value is -0.480. The molecule has 1 heteroatoms. The topological polar surface area (TPSA) is 19.9 Å². The highest BCUT2D eigenvalue weighted by atomic mass is 16.2. The summed E-state index contributed by atoms with van der Waals surface area (Å²) in [5, 5.41) is 10.0. The van der Waals surface area contributed by atoms with E-state index in [-0.39, 0.29) is 6.61 Å². The van der Waals surface area contributed by atoms with Crippen molar-refractivity contribution in [1.29, 1.82) is 0 Å². The second kappa shape index (κ2) is 10.5. The van der Waals surface area contributed by atoms with Gasteiger partial charge < -0.3 is 0 Å². The third-order valence-electron chi connectivity index (χ3n) is 1.73. The summed E-state index contributed by atoms with van der Waals surface area (Å²) in [7, 11) is 0. The Morgan fingerprint density at radius 2 is 1.58 bits per heavy atom. The molecule has 0 aromatic rings. The summed E-state index contributed by atoms with van der Waals surface area (Å²) >= 11 is 0. The van der Waals surface area contributed by atoms with Crippen molar-refractivity contribution in [3.63, 3.8) is 0 Å². The van der Waals surface area contributed by atoms with E-state index in [0.717, 1.165) is 12.8 Å². The maximum Gasteiger partial charge on any atom is 0.0831 e. The lowest BCUT2D eigenvalue weighted by Crippen LogP contribution is -1.77. The molecule has 0 aromatic carbocycles. The first kappa shape index (κ1) is 11.5. The first-order valence-corrected chi connectivity index (χ1v) is 4.95. The molecule has 0 saturated carbocycles.